The van der Waals surface area contributed by atoms with Gasteiger partial charge in [0.2, 0.25) is 0 Å². The van der Waals surface area contributed by atoms with Crippen molar-refractivity contribution in [2.75, 3.05) is 6.54 Å². The van der Waals surface area contributed by atoms with Crippen LogP contribution in [-0.2, 0) is 0 Å². The van der Waals surface area contributed by atoms with Crippen LogP contribution in [0.4, 0.5) is 0 Å². The van der Waals surface area contributed by atoms with E-state index in [-0.39, 0.29) is 6.04 Å². The van der Waals surface area contributed by atoms with Crippen molar-refractivity contribution >= 4 is 11.1 Å². The average Bonchev–Trinajstić information content (AvgIpc) is 2.64. The zero-order valence-corrected chi connectivity index (χ0v) is 8.90. The fraction of sp³-hybridized carbons (Fsp3) is 0.364. The third-order valence-corrected chi connectivity index (χ3v) is 2.59. The van der Waals surface area contributed by atoms with E-state index in [4.69, 9.17) is 15.9 Å². The van der Waals surface area contributed by atoms with Crippen LogP contribution >= 0.6 is 0 Å². The number of hydrogen-bond acceptors (Lipinski definition) is 4. The highest BCUT2D eigenvalue weighted by Crippen LogP contribution is 2.19. The van der Waals surface area contributed by atoms with E-state index >= 15 is 0 Å². The van der Waals surface area contributed by atoms with E-state index < -0.39 is 5.76 Å². The molecule has 0 amide bonds. The lowest BCUT2D eigenvalue weighted by Gasteiger charge is -2.10. The van der Waals surface area contributed by atoms with Gasteiger partial charge in [-0.15, -0.1) is 0 Å². The number of H-pyrrole nitrogens is 1. The Kier molecular flexibility index (Phi) is 3.07. The molecule has 0 aliphatic heterocycles. The highest BCUT2D eigenvalue weighted by molar-refractivity contribution is 5.72. The zero-order valence-electron chi connectivity index (χ0n) is 8.90. The summed E-state index contributed by atoms with van der Waals surface area (Å²) in [7, 11) is 0. The van der Waals surface area contributed by atoms with Crippen molar-refractivity contribution in [2.45, 2.75) is 18.9 Å². The average molecular weight is 221 g/mol. The summed E-state index contributed by atoms with van der Waals surface area (Å²) in [5.41, 5.74) is 13.7. The Balaban J connectivity index is 2.27. The molecule has 16 heavy (non-hydrogen) atoms. The van der Waals surface area contributed by atoms with Crippen LogP contribution in [0.2, 0.25) is 0 Å². The van der Waals surface area contributed by atoms with E-state index in [2.05, 4.69) is 4.98 Å². The number of oxazole rings is 1. The van der Waals surface area contributed by atoms with Crippen molar-refractivity contribution in [1.29, 1.82) is 0 Å². The molecule has 1 unspecified atom stereocenters. The minimum Gasteiger partial charge on any atom is -0.408 e. The topological polar surface area (TPSA) is 98.0 Å². The van der Waals surface area contributed by atoms with Crippen molar-refractivity contribution < 1.29 is 4.42 Å². The number of aromatic amines is 1. The molecule has 2 aromatic rings. The number of fused-ring (bicyclic) bond motifs is 1. The van der Waals surface area contributed by atoms with Gasteiger partial charge in [-0.2, -0.15) is 0 Å². The molecule has 5 nitrogen and oxygen atoms in total. The Bertz CT molecular complexity index is 529. The molecule has 5 heteroatoms. The number of nitrogens with two attached hydrogens (primary N) is 2. The van der Waals surface area contributed by atoms with Crippen molar-refractivity contribution in [3.63, 3.8) is 0 Å². The second-order valence-corrected chi connectivity index (χ2v) is 3.81. The molecule has 5 N–H and O–H groups in total. The highest BCUT2D eigenvalue weighted by Gasteiger charge is 2.08. The minimum atomic E-state index is -0.442. The Morgan fingerprint density at radius 2 is 2.25 bits per heavy atom. The molecule has 0 bridgehead atoms. The fourth-order valence-corrected chi connectivity index (χ4v) is 1.70. The molecular formula is C11H15N3O2. The zero-order chi connectivity index (χ0) is 11.5. The first-order valence-corrected chi connectivity index (χ1v) is 5.29. The maximum Gasteiger partial charge on any atom is 0.417 e. The summed E-state index contributed by atoms with van der Waals surface area (Å²) in [4.78, 5) is 13.6. The van der Waals surface area contributed by atoms with Crippen LogP contribution in [-0.4, -0.2) is 11.5 Å². The molecule has 0 aliphatic rings. The smallest absolute Gasteiger partial charge is 0.408 e. The van der Waals surface area contributed by atoms with Gasteiger partial charge in [-0.05, 0) is 37.1 Å². The first-order chi connectivity index (χ1) is 7.70. The first-order valence-electron chi connectivity index (χ1n) is 5.29. The lowest BCUT2D eigenvalue weighted by molar-refractivity contribution is 0.555. The van der Waals surface area contributed by atoms with Gasteiger partial charge < -0.3 is 15.9 Å². The van der Waals surface area contributed by atoms with Crippen molar-refractivity contribution in [3.8, 4) is 0 Å². The van der Waals surface area contributed by atoms with Gasteiger partial charge >= 0.3 is 5.76 Å². The van der Waals surface area contributed by atoms with Gasteiger partial charge in [0.25, 0.3) is 0 Å². The second kappa shape index (κ2) is 4.51. The summed E-state index contributed by atoms with van der Waals surface area (Å²) in [6, 6.07) is 5.43. The van der Waals surface area contributed by atoms with Crippen molar-refractivity contribution in [1.82, 2.24) is 4.98 Å². The van der Waals surface area contributed by atoms with Gasteiger partial charge in [-0.1, -0.05) is 6.07 Å². The van der Waals surface area contributed by atoms with Crippen LogP contribution in [0.15, 0.2) is 27.4 Å². The van der Waals surface area contributed by atoms with Crippen LogP contribution in [0.3, 0.4) is 0 Å². The molecule has 0 saturated heterocycles. The van der Waals surface area contributed by atoms with Crippen molar-refractivity contribution in [2.24, 2.45) is 11.5 Å². The van der Waals surface area contributed by atoms with E-state index in [1.165, 1.54) is 0 Å². The lowest BCUT2D eigenvalue weighted by Crippen LogP contribution is -2.12. The quantitative estimate of drug-likeness (QED) is 0.713. The van der Waals surface area contributed by atoms with Crippen molar-refractivity contribution in [3.05, 3.63) is 34.3 Å². The maximum atomic E-state index is 11.0. The molecule has 1 aromatic heterocycles. The summed E-state index contributed by atoms with van der Waals surface area (Å²) in [6.07, 6.45) is 1.73. The summed E-state index contributed by atoms with van der Waals surface area (Å²) in [6.45, 7) is 0.637. The highest BCUT2D eigenvalue weighted by atomic mass is 16.4. The summed E-state index contributed by atoms with van der Waals surface area (Å²) in [5, 5.41) is 0. The molecule has 2 rings (SSSR count). The lowest BCUT2D eigenvalue weighted by atomic mass is 10.0. The Hall–Kier alpha value is -1.59. The van der Waals surface area contributed by atoms with Gasteiger partial charge in [-0.3, -0.25) is 4.98 Å². The third-order valence-electron chi connectivity index (χ3n) is 2.59. The molecule has 0 aliphatic carbocycles. The normalized spacial score (nSPS) is 13.1. The summed E-state index contributed by atoms with van der Waals surface area (Å²) in [5.74, 6) is -0.442. The number of benzene rings is 1. The molecule has 0 fully saturated rings. The molecular weight excluding hydrogens is 206 g/mol. The van der Waals surface area contributed by atoms with Crippen LogP contribution in [0.1, 0.15) is 24.4 Å². The van der Waals surface area contributed by atoms with Crippen LogP contribution in [0.25, 0.3) is 11.1 Å². The Morgan fingerprint density at radius 3 is 3.00 bits per heavy atom. The molecule has 1 aromatic carbocycles. The van der Waals surface area contributed by atoms with E-state index in [0.29, 0.717) is 17.6 Å². The van der Waals surface area contributed by atoms with Gasteiger partial charge in [0.05, 0.1) is 5.52 Å². The standard InChI is InChI=1S/C11H15N3O2/c12-5-1-2-8(13)7-3-4-10-9(6-7)14-11(15)16-10/h3-4,6,8H,1-2,5,12-13H2,(H,14,15). The number of hydrogen-bond donors (Lipinski definition) is 3. The predicted molar refractivity (Wildman–Crippen MR) is 62.1 cm³/mol. The van der Waals surface area contributed by atoms with Gasteiger partial charge in [0.1, 0.15) is 0 Å². The Labute approximate surface area is 92.4 Å². The predicted octanol–water partition coefficient (Wildman–Crippen LogP) is 0.860. The third kappa shape index (κ3) is 2.15. The van der Waals surface area contributed by atoms with E-state index in [9.17, 15) is 4.79 Å². The molecule has 0 radical (unpaired) electrons. The summed E-state index contributed by atoms with van der Waals surface area (Å²) < 4.78 is 4.91. The van der Waals surface area contributed by atoms with Gasteiger partial charge in [-0.25, -0.2) is 4.79 Å². The second-order valence-electron chi connectivity index (χ2n) is 3.81. The van der Waals surface area contributed by atoms with Gasteiger partial charge in [0.15, 0.2) is 5.58 Å². The van der Waals surface area contributed by atoms with E-state index in [0.717, 1.165) is 18.4 Å². The molecule has 86 valence electrons. The van der Waals surface area contributed by atoms with Crippen LogP contribution in [0.5, 0.6) is 0 Å². The van der Waals surface area contributed by atoms with Crippen LogP contribution in [0, 0.1) is 0 Å². The van der Waals surface area contributed by atoms with E-state index in [1.54, 1.807) is 6.07 Å². The molecule has 0 spiro atoms. The van der Waals surface area contributed by atoms with E-state index in [1.807, 2.05) is 12.1 Å². The summed E-state index contributed by atoms with van der Waals surface area (Å²) >= 11 is 0. The first kappa shape index (κ1) is 10.9. The Morgan fingerprint density at radius 1 is 1.44 bits per heavy atom. The molecule has 1 heterocycles. The molecule has 1 atom stereocenters. The number of rotatable bonds is 4. The number of aromatic nitrogens is 1. The minimum absolute atomic E-state index is 0.0497. The van der Waals surface area contributed by atoms with Crippen LogP contribution < -0.4 is 17.2 Å². The maximum absolute atomic E-state index is 11.0. The monoisotopic (exact) mass is 221 g/mol. The fourth-order valence-electron chi connectivity index (χ4n) is 1.70. The SMILES string of the molecule is NCCCC(N)c1ccc2oc(=O)[nH]c2c1. The molecule has 0 saturated carbocycles. The van der Waals surface area contributed by atoms with Gasteiger partial charge in [0, 0.05) is 6.04 Å². The largest absolute Gasteiger partial charge is 0.417 e. The number of nitrogens with one attached hydrogen (secondary N) is 1.